The molecule has 0 radical (unpaired) electrons. The van der Waals surface area contributed by atoms with E-state index < -0.39 is 0 Å². The Morgan fingerprint density at radius 2 is 1.67 bits per heavy atom. The van der Waals surface area contributed by atoms with Gasteiger partial charge in [0.1, 0.15) is 5.82 Å². The lowest BCUT2D eigenvalue weighted by molar-refractivity contribution is -0.120. The van der Waals surface area contributed by atoms with E-state index >= 15 is 0 Å². The molecule has 30 heavy (non-hydrogen) atoms. The molecule has 1 N–H and O–H groups in total. The standard InChI is InChI=1S/C24H22ClFN2O2/c1-2-27-23(29)15-17-6-12-22(13-7-17)28(16-18-4-3-5-21(26)14-18)24(30)19-8-10-20(25)11-9-19/h3-14H,2,15-16H2,1H3,(H,27,29). The molecule has 0 heterocycles. The van der Waals surface area contributed by atoms with E-state index in [2.05, 4.69) is 5.32 Å². The van der Waals surface area contributed by atoms with Gasteiger partial charge in [0.2, 0.25) is 5.91 Å². The fraction of sp³-hybridized carbons (Fsp3) is 0.167. The van der Waals surface area contributed by atoms with Gasteiger partial charge in [-0.3, -0.25) is 9.59 Å². The number of amides is 2. The van der Waals surface area contributed by atoms with Crippen molar-refractivity contribution in [2.45, 2.75) is 19.9 Å². The van der Waals surface area contributed by atoms with E-state index in [-0.39, 0.29) is 30.6 Å². The molecule has 154 valence electrons. The van der Waals surface area contributed by atoms with Crippen LogP contribution in [0.5, 0.6) is 0 Å². The average molecular weight is 425 g/mol. The minimum absolute atomic E-state index is 0.0564. The van der Waals surface area contributed by atoms with Gasteiger partial charge in [-0.25, -0.2) is 4.39 Å². The highest BCUT2D eigenvalue weighted by molar-refractivity contribution is 6.30. The first-order chi connectivity index (χ1) is 14.5. The fourth-order valence-electron chi connectivity index (χ4n) is 3.09. The number of likely N-dealkylation sites (N-methyl/N-ethyl adjacent to an activating group) is 1. The molecular formula is C24H22ClFN2O2. The van der Waals surface area contributed by atoms with Gasteiger partial charge in [0.25, 0.3) is 5.91 Å². The number of rotatable bonds is 7. The third kappa shape index (κ3) is 5.67. The maximum atomic E-state index is 13.7. The summed E-state index contributed by atoms with van der Waals surface area (Å²) in [5.41, 5.74) is 2.64. The molecule has 0 atom stereocenters. The molecule has 0 aliphatic heterocycles. The van der Waals surface area contributed by atoms with E-state index in [1.807, 2.05) is 19.1 Å². The maximum absolute atomic E-state index is 13.7. The van der Waals surface area contributed by atoms with Crippen LogP contribution in [0.25, 0.3) is 0 Å². The van der Waals surface area contributed by atoms with Crippen LogP contribution in [-0.2, 0) is 17.8 Å². The second-order valence-electron chi connectivity index (χ2n) is 6.82. The quantitative estimate of drug-likeness (QED) is 0.580. The molecule has 0 saturated carbocycles. The Morgan fingerprint density at radius 1 is 0.967 bits per heavy atom. The highest BCUT2D eigenvalue weighted by Crippen LogP contribution is 2.22. The van der Waals surface area contributed by atoms with Gasteiger partial charge >= 0.3 is 0 Å². The first-order valence-electron chi connectivity index (χ1n) is 9.64. The van der Waals surface area contributed by atoms with E-state index in [4.69, 9.17) is 11.6 Å². The normalized spacial score (nSPS) is 10.5. The Bertz CT molecular complexity index is 1020. The molecule has 0 unspecified atom stereocenters. The first-order valence-corrected chi connectivity index (χ1v) is 10.0. The summed E-state index contributed by atoms with van der Waals surface area (Å²) in [6, 6.07) is 20.0. The van der Waals surface area contributed by atoms with Crippen LogP contribution >= 0.6 is 11.6 Å². The summed E-state index contributed by atoms with van der Waals surface area (Å²) in [7, 11) is 0. The fourth-order valence-corrected chi connectivity index (χ4v) is 3.21. The molecule has 0 aromatic heterocycles. The van der Waals surface area contributed by atoms with Crippen LogP contribution in [0, 0.1) is 5.82 Å². The van der Waals surface area contributed by atoms with E-state index in [9.17, 15) is 14.0 Å². The lowest BCUT2D eigenvalue weighted by Gasteiger charge is -2.23. The average Bonchev–Trinajstić information content (AvgIpc) is 2.73. The number of hydrogen-bond donors (Lipinski definition) is 1. The number of anilines is 1. The summed E-state index contributed by atoms with van der Waals surface area (Å²) in [5.74, 6) is -0.643. The molecule has 6 heteroatoms. The molecule has 0 aliphatic carbocycles. The first kappa shape index (κ1) is 21.5. The second-order valence-corrected chi connectivity index (χ2v) is 7.26. The molecule has 0 saturated heterocycles. The largest absolute Gasteiger partial charge is 0.356 e. The summed E-state index contributed by atoms with van der Waals surface area (Å²) >= 11 is 5.94. The Hall–Kier alpha value is -3.18. The molecule has 3 aromatic rings. The van der Waals surface area contributed by atoms with Gasteiger partial charge in [-0.05, 0) is 66.6 Å². The SMILES string of the molecule is CCNC(=O)Cc1ccc(N(Cc2cccc(F)c2)C(=O)c2ccc(Cl)cc2)cc1. The Balaban J connectivity index is 1.89. The predicted octanol–water partition coefficient (Wildman–Crippen LogP) is 5.00. The highest BCUT2D eigenvalue weighted by atomic mass is 35.5. The van der Waals surface area contributed by atoms with Crippen molar-refractivity contribution in [1.29, 1.82) is 0 Å². The van der Waals surface area contributed by atoms with Crippen LogP contribution in [0.2, 0.25) is 5.02 Å². The lowest BCUT2D eigenvalue weighted by atomic mass is 10.1. The third-order valence-corrected chi connectivity index (χ3v) is 4.80. The van der Waals surface area contributed by atoms with Gasteiger partial charge in [-0.15, -0.1) is 0 Å². The van der Waals surface area contributed by atoms with Gasteiger partial charge in [-0.2, -0.15) is 0 Å². The number of nitrogens with zero attached hydrogens (tertiary/aromatic N) is 1. The van der Waals surface area contributed by atoms with E-state index in [0.29, 0.717) is 28.4 Å². The van der Waals surface area contributed by atoms with Crippen LogP contribution in [0.4, 0.5) is 10.1 Å². The summed E-state index contributed by atoms with van der Waals surface area (Å²) < 4.78 is 13.7. The lowest BCUT2D eigenvalue weighted by Crippen LogP contribution is -2.30. The number of carbonyl (C=O) groups excluding carboxylic acids is 2. The maximum Gasteiger partial charge on any atom is 0.258 e. The monoisotopic (exact) mass is 424 g/mol. The topological polar surface area (TPSA) is 49.4 Å². The van der Waals surface area contributed by atoms with E-state index in [0.717, 1.165) is 5.56 Å². The number of halogens is 2. The van der Waals surface area contributed by atoms with Gasteiger partial charge in [-0.1, -0.05) is 35.9 Å². The summed E-state index contributed by atoms with van der Waals surface area (Å²) in [6.45, 7) is 2.65. The number of nitrogens with one attached hydrogen (secondary N) is 1. The zero-order chi connectivity index (χ0) is 21.5. The second kappa shape index (κ2) is 10.0. The number of carbonyl (C=O) groups is 2. The zero-order valence-electron chi connectivity index (χ0n) is 16.6. The number of hydrogen-bond acceptors (Lipinski definition) is 2. The molecule has 3 aromatic carbocycles. The van der Waals surface area contributed by atoms with Crippen molar-refractivity contribution in [3.05, 3.63) is 100 Å². The molecule has 3 rings (SSSR count). The molecule has 0 spiro atoms. The molecule has 4 nitrogen and oxygen atoms in total. The third-order valence-electron chi connectivity index (χ3n) is 4.55. The van der Waals surface area contributed by atoms with Crippen LogP contribution in [0.15, 0.2) is 72.8 Å². The molecule has 2 amide bonds. The smallest absolute Gasteiger partial charge is 0.258 e. The van der Waals surface area contributed by atoms with Crippen molar-refractivity contribution in [1.82, 2.24) is 5.32 Å². The Morgan fingerprint density at radius 3 is 2.30 bits per heavy atom. The molecule has 0 aliphatic rings. The van der Waals surface area contributed by atoms with Crippen molar-refractivity contribution in [2.75, 3.05) is 11.4 Å². The predicted molar refractivity (Wildman–Crippen MR) is 117 cm³/mol. The highest BCUT2D eigenvalue weighted by Gasteiger charge is 2.19. The van der Waals surface area contributed by atoms with Crippen molar-refractivity contribution in [2.24, 2.45) is 0 Å². The van der Waals surface area contributed by atoms with Gasteiger partial charge < -0.3 is 10.2 Å². The number of benzene rings is 3. The zero-order valence-corrected chi connectivity index (χ0v) is 17.3. The minimum Gasteiger partial charge on any atom is -0.356 e. The Labute approximate surface area is 180 Å². The van der Waals surface area contributed by atoms with Crippen LogP contribution in [0.1, 0.15) is 28.4 Å². The van der Waals surface area contributed by atoms with Crippen LogP contribution in [0.3, 0.4) is 0 Å². The summed E-state index contributed by atoms with van der Waals surface area (Å²) in [6.07, 6.45) is 0.267. The molecular weight excluding hydrogens is 403 g/mol. The van der Waals surface area contributed by atoms with Crippen molar-refractivity contribution in [3.63, 3.8) is 0 Å². The van der Waals surface area contributed by atoms with E-state index in [1.54, 1.807) is 53.4 Å². The minimum atomic E-state index is -0.358. The van der Waals surface area contributed by atoms with Gasteiger partial charge in [0.05, 0.1) is 13.0 Å². The summed E-state index contributed by atoms with van der Waals surface area (Å²) in [4.78, 5) is 26.6. The van der Waals surface area contributed by atoms with Crippen molar-refractivity contribution >= 4 is 29.1 Å². The van der Waals surface area contributed by atoms with Gasteiger partial charge in [0.15, 0.2) is 0 Å². The van der Waals surface area contributed by atoms with Crippen LogP contribution < -0.4 is 10.2 Å². The van der Waals surface area contributed by atoms with Crippen molar-refractivity contribution < 1.29 is 14.0 Å². The summed E-state index contributed by atoms with van der Waals surface area (Å²) in [5, 5.41) is 3.30. The van der Waals surface area contributed by atoms with E-state index in [1.165, 1.54) is 12.1 Å². The van der Waals surface area contributed by atoms with Gasteiger partial charge in [0, 0.05) is 22.8 Å². The molecule has 0 fully saturated rings. The Kier molecular flexibility index (Phi) is 7.20. The van der Waals surface area contributed by atoms with Crippen LogP contribution in [-0.4, -0.2) is 18.4 Å². The van der Waals surface area contributed by atoms with Crippen molar-refractivity contribution in [3.8, 4) is 0 Å². The molecule has 0 bridgehead atoms.